The normalized spacial score (nSPS) is 9.62. The summed E-state index contributed by atoms with van der Waals surface area (Å²) in [5.41, 5.74) is 0.748. The first kappa shape index (κ1) is 12.0. The molecule has 1 aromatic carbocycles. The Hall–Kier alpha value is -2.04. The molecular formula is C11H12O5. The number of carboxylic acids is 1. The first-order valence-corrected chi connectivity index (χ1v) is 4.55. The second kappa shape index (κ2) is 5.16. The minimum absolute atomic E-state index is 0.200. The van der Waals surface area contributed by atoms with Crippen LogP contribution in [0.5, 0.6) is 5.75 Å². The number of hydrogen-bond donors (Lipinski definition) is 1. The quantitative estimate of drug-likeness (QED) is 0.775. The van der Waals surface area contributed by atoms with Gasteiger partial charge < -0.3 is 14.6 Å². The summed E-state index contributed by atoms with van der Waals surface area (Å²) in [4.78, 5) is 21.9. The number of benzene rings is 1. The van der Waals surface area contributed by atoms with Crippen LogP contribution < -0.4 is 4.74 Å². The second-order valence-corrected chi connectivity index (χ2v) is 3.09. The molecule has 5 heteroatoms. The number of carbonyl (C=O) groups excluding carboxylic acids is 1. The van der Waals surface area contributed by atoms with Gasteiger partial charge in [0.15, 0.2) is 0 Å². The van der Waals surface area contributed by atoms with Crippen molar-refractivity contribution in [2.75, 3.05) is 14.2 Å². The predicted octanol–water partition coefficient (Wildman–Crippen LogP) is 1.11. The molecule has 0 aliphatic rings. The molecule has 0 spiro atoms. The zero-order chi connectivity index (χ0) is 12.1. The Kier molecular flexibility index (Phi) is 3.88. The fourth-order valence-electron chi connectivity index (χ4n) is 1.32. The van der Waals surface area contributed by atoms with Gasteiger partial charge in [0.2, 0.25) is 0 Å². The number of carbonyl (C=O) groups is 2. The van der Waals surface area contributed by atoms with Crippen molar-refractivity contribution in [1.82, 2.24) is 0 Å². The minimum Gasteiger partial charge on any atom is -0.496 e. The van der Waals surface area contributed by atoms with Crippen LogP contribution in [0.25, 0.3) is 0 Å². The SMILES string of the molecule is COC(=O)c1ccc(OC)c(CC(=O)O)c1. The first-order chi connectivity index (χ1) is 7.58. The fraction of sp³-hybridized carbons (Fsp3) is 0.273. The molecule has 0 atom stereocenters. The van der Waals surface area contributed by atoms with Gasteiger partial charge in [-0.2, -0.15) is 0 Å². The van der Waals surface area contributed by atoms with Crippen LogP contribution in [0.1, 0.15) is 15.9 Å². The molecular weight excluding hydrogens is 212 g/mol. The highest BCUT2D eigenvalue weighted by Gasteiger charge is 2.12. The van der Waals surface area contributed by atoms with Crippen LogP contribution in [-0.2, 0) is 16.0 Å². The van der Waals surface area contributed by atoms with Crippen LogP contribution in [0, 0.1) is 0 Å². The summed E-state index contributed by atoms with van der Waals surface area (Å²) in [5.74, 6) is -1.05. The lowest BCUT2D eigenvalue weighted by Gasteiger charge is -2.08. The number of hydrogen-bond acceptors (Lipinski definition) is 4. The van der Waals surface area contributed by atoms with Gasteiger partial charge in [0.05, 0.1) is 26.2 Å². The molecule has 0 amide bonds. The third kappa shape index (κ3) is 2.73. The topological polar surface area (TPSA) is 72.8 Å². The van der Waals surface area contributed by atoms with Crippen molar-refractivity contribution >= 4 is 11.9 Å². The molecule has 0 unspecified atom stereocenters. The van der Waals surface area contributed by atoms with E-state index < -0.39 is 11.9 Å². The van der Waals surface area contributed by atoms with Crippen molar-refractivity contribution < 1.29 is 24.2 Å². The third-order valence-electron chi connectivity index (χ3n) is 2.04. The summed E-state index contributed by atoms with van der Waals surface area (Å²) in [7, 11) is 2.71. The molecule has 0 saturated heterocycles. The zero-order valence-corrected chi connectivity index (χ0v) is 9.02. The molecule has 0 aliphatic heterocycles. The van der Waals surface area contributed by atoms with Crippen LogP contribution in [0.2, 0.25) is 0 Å². The maximum Gasteiger partial charge on any atom is 0.337 e. The third-order valence-corrected chi connectivity index (χ3v) is 2.04. The van der Waals surface area contributed by atoms with Gasteiger partial charge in [0.1, 0.15) is 5.75 Å². The Bertz CT molecular complexity index is 411. The second-order valence-electron chi connectivity index (χ2n) is 3.09. The van der Waals surface area contributed by atoms with Crippen LogP contribution >= 0.6 is 0 Å². The van der Waals surface area contributed by atoms with Gasteiger partial charge in [-0.25, -0.2) is 4.79 Å². The Morgan fingerprint density at radius 1 is 1.31 bits per heavy atom. The van der Waals surface area contributed by atoms with E-state index in [-0.39, 0.29) is 6.42 Å². The van der Waals surface area contributed by atoms with Gasteiger partial charge in [-0.1, -0.05) is 0 Å². The molecule has 0 bridgehead atoms. The van der Waals surface area contributed by atoms with E-state index in [0.717, 1.165) is 0 Å². The van der Waals surface area contributed by atoms with Crippen molar-refractivity contribution in [3.05, 3.63) is 29.3 Å². The molecule has 0 radical (unpaired) electrons. The number of rotatable bonds is 4. The highest BCUT2D eigenvalue weighted by atomic mass is 16.5. The smallest absolute Gasteiger partial charge is 0.337 e. The van der Waals surface area contributed by atoms with E-state index >= 15 is 0 Å². The van der Waals surface area contributed by atoms with E-state index in [1.54, 1.807) is 6.07 Å². The lowest BCUT2D eigenvalue weighted by molar-refractivity contribution is -0.136. The molecule has 0 aliphatic carbocycles. The van der Waals surface area contributed by atoms with Crippen molar-refractivity contribution in [2.45, 2.75) is 6.42 Å². The Morgan fingerprint density at radius 3 is 2.50 bits per heavy atom. The van der Waals surface area contributed by atoms with E-state index in [9.17, 15) is 9.59 Å². The first-order valence-electron chi connectivity index (χ1n) is 4.55. The summed E-state index contributed by atoms with van der Waals surface area (Å²) in [6.07, 6.45) is -0.200. The molecule has 0 heterocycles. The number of methoxy groups -OCH3 is 2. The highest BCUT2D eigenvalue weighted by molar-refractivity contribution is 5.90. The van der Waals surface area contributed by atoms with E-state index in [0.29, 0.717) is 16.9 Å². The number of aliphatic carboxylic acids is 1. The highest BCUT2D eigenvalue weighted by Crippen LogP contribution is 2.20. The molecule has 0 saturated carbocycles. The molecule has 0 fully saturated rings. The summed E-state index contributed by atoms with van der Waals surface area (Å²) >= 11 is 0. The van der Waals surface area contributed by atoms with E-state index in [1.165, 1.54) is 26.4 Å². The van der Waals surface area contributed by atoms with E-state index in [1.807, 2.05) is 0 Å². The number of ether oxygens (including phenoxy) is 2. The molecule has 16 heavy (non-hydrogen) atoms. The predicted molar refractivity (Wildman–Crippen MR) is 55.7 cm³/mol. The van der Waals surface area contributed by atoms with Gasteiger partial charge in [-0.3, -0.25) is 4.79 Å². The molecule has 1 aromatic rings. The molecule has 5 nitrogen and oxygen atoms in total. The largest absolute Gasteiger partial charge is 0.496 e. The Morgan fingerprint density at radius 2 is 2.00 bits per heavy atom. The van der Waals surface area contributed by atoms with Gasteiger partial charge in [0.25, 0.3) is 0 Å². The maximum absolute atomic E-state index is 11.2. The minimum atomic E-state index is -0.986. The van der Waals surface area contributed by atoms with Crippen LogP contribution in [-0.4, -0.2) is 31.3 Å². The molecule has 1 N–H and O–H groups in total. The van der Waals surface area contributed by atoms with E-state index in [4.69, 9.17) is 9.84 Å². The Labute approximate surface area is 92.6 Å². The molecule has 0 aromatic heterocycles. The number of esters is 1. The lowest BCUT2D eigenvalue weighted by Crippen LogP contribution is -2.06. The van der Waals surface area contributed by atoms with Crippen molar-refractivity contribution in [3.63, 3.8) is 0 Å². The summed E-state index contributed by atoms with van der Waals surface area (Å²) in [5, 5.41) is 8.70. The average Bonchev–Trinajstić information content (AvgIpc) is 2.27. The maximum atomic E-state index is 11.2. The number of carboxylic acid groups (broad SMARTS) is 1. The standard InChI is InChI=1S/C11H12O5/c1-15-9-4-3-7(11(14)16-2)5-8(9)6-10(12)13/h3-5H,6H2,1-2H3,(H,12,13). The van der Waals surface area contributed by atoms with Gasteiger partial charge in [-0.15, -0.1) is 0 Å². The van der Waals surface area contributed by atoms with Crippen molar-refractivity contribution in [1.29, 1.82) is 0 Å². The monoisotopic (exact) mass is 224 g/mol. The lowest BCUT2D eigenvalue weighted by atomic mass is 10.1. The summed E-state index contributed by atoms with van der Waals surface area (Å²) in [6.45, 7) is 0. The van der Waals surface area contributed by atoms with Gasteiger partial charge in [-0.05, 0) is 18.2 Å². The fourth-order valence-corrected chi connectivity index (χ4v) is 1.32. The average molecular weight is 224 g/mol. The van der Waals surface area contributed by atoms with Gasteiger partial charge in [0, 0.05) is 5.56 Å². The van der Waals surface area contributed by atoms with Crippen LogP contribution in [0.4, 0.5) is 0 Å². The molecule has 1 rings (SSSR count). The van der Waals surface area contributed by atoms with Crippen LogP contribution in [0.15, 0.2) is 18.2 Å². The van der Waals surface area contributed by atoms with Crippen molar-refractivity contribution in [3.8, 4) is 5.75 Å². The summed E-state index contributed by atoms with van der Waals surface area (Å²) < 4.78 is 9.54. The van der Waals surface area contributed by atoms with Crippen molar-refractivity contribution in [2.24, 2.45) is 0 Å². The van der Waals surface area contributed by atoms with Crippen LogP contribution in [0.3, 0.4) is 0 Å². The summed E-state index contributed by atoms with van der Waals surface area (Å²) in [6, 6.07) is 4.53. The molecule has 86 valence electrons. The van der Waals surface area contributed by atoms with E-state index in [2.05, 4.69) is 4.74 Å². The van der Waals surface area contributed by atoms with Gasteiger partial charge >= 0.3 is 11.9 Å². The Balaban J connectivity index is 3.10. The zero-order valence-electron chi connectivity index (χ0n) is 9.02.